The molecule has 1 saturated heterocycles. The SMILES string of the molecule is COC(C)(C)CCC(O)C1CCCCO1. The summed E-state index contributed by atoms with van der Waals surface area (Å²) in [4.78, 5) is 0. The molecule has 90 valence electrons. The first-order valence-electron chi connectivity index (χ1n) is 5.90. The molecule has 0 bridgehead atoms. The Hall–Kier alpha value is -0.120. The van der Waals surface area contributed by atoms with Crippen molar-refractivity contribution in [3.05, 3.63) is 0 Å². The van der Waals surface area contributed by atoms with E-state index in [1.165, 1.54) is 6.42 Å². The van der Waals surface area contributed by atoms with Gasteiger partial charge in [0.05, 0.1) is 17.8 Å². The Labute approximate surface area is 92.8 Å². The van der Waals surface area contributed by atoms with Gasteiger partial charge in [-0.25, -0.2) is 0 Å². The number of ether oxygens (including phenoxy) is 2. The molecule has 0 saturated carbocycles. The van der Waals surface area contributed by atoms with E-state index in [4.69, 9.17) is 9.47 Å². The van der Waals surface area contributed by atoms with Gasteiger partial charge in [0.1, 0.15) is 0 Å². The predicted octanol–water partition coefficient (Wildman–Crippen LogP) is 2.12. The van der Waals surface area contributed by atoms with E-state index >= 15 is 0 Å². The van der Waals surface area contributed by atoms with Gasteiger partial charge in [0, 0.05) is 13.7 Å². The van der Waals surface area contributed by atoms with Crippen molar-refractivity contribution in [2.45, 2.75) is 63.8 Å². The Bertz CT molecular complexity index is 174. The lowest BCUT2D eigenvalue weighted by molar-refractivity contribution is -0.0742. The molecule has 0 aromatic rings. The molecule has 1 aliphatic rings. The fourth-order valence-electron chi connectivity index (χ4n) is 1.85. The van der Waals surface area contributed by atoms with Crippen LogP contribution in [-0.2, 0) is 9.47 Å². The van der Waals surface area contributed by atoms with Crippen molar-refractivity contribution >= 4 is 0 Å². The summed E-state index contributed by atoms with van der Waals surface area (Å²) < 4.78 is 10.9. The lowest BCUT2D eigenvalue weighted by atomic mass is 9.95. The molecule has 1 rings (SSSR count). The highest BCUT2D eigenvalue weighted by molar-refractivity contribution is 4.76. The van der Waals surface area contributed by atoms with Gasteiger partial charge in [-0.1, -0.05) is 0 Å². The number of hydrogen-bond donors (Lipinski definition) is 1. The molecule has 0 aliphatic carbocycles. The van der Waals surface area contributed by atoms with Crippen LogP contribution in [0.3, 0.4) is 0 Å². The van der Waals surface area contributed by atoms with Crippen LogP contribution in [0.2, 0.25) is 0 Å². The highest BCUT2D eigenvalue weighted by atomic mass is 16.5. The van der Waals surface area contributed by atoms with E-state index < -0.39 is 0 Å². The molecule has 0 aromatic carbocycles. The predicted molar refractivity (Wildman–Crippen MR) is 59.9 cm³/mol. The largest absolute Gasteiger partial charge is 0.390 e. The van der Waals surface area contributed by atoms with Gasteiger partial charge in [-0.15, -0.1) is 0 Å². The minimum Gasteiger partial charge on any atom is -0.390 e. The van der Waals surface area contributed by atoms with E-state index in [9.17, 15) is 5.11 Å². The molecule has 0 spiro atoms. The number of hydrogen-bond acceptors (Lipinski definition) is 3. The zero-order valence-corrected chi connectivity index (χ0v) is 10.2. The average molecular weight is 216 g/mol. The van der Waals surface area contributed by atoms with Crippen molar-refractivity contribution in [3.8, 4) is 0 Å². The fraction of sp³-hybridized carbons (Fsp3) is 1.00. The van der Waals surface area contributed by atoms with Crippen LogP contribution in [0.25, 0.3) is 0 Å². The molecule has 0 aromatic heterocycles. The Morgan fingerprint density at radius 2 is 2.20 bits per heavy atom. The van der Waals surface area contributed by atoms with Crippen LogP contribution < -0.4 is 0 Å². The van der Waals surface area contributed by atoms with Gasteiger partial charge in [0.25, 0.3) is 0 Å². The fourth-order valence-corrected chi connectivity index (χ4v) is 1.85. The second-order valence-electron chi connectivity index (χ2n) is 4.97. The van der Waals surface area contributed by atoms with Crippen molar-refractivity contribution < 1.29 is 14.6 Å². The lowest BCUT2D eigenvalue weighted by Crippen LogP contribution is -2.34. The number of methoxy groups -OCH3 is 1. The summed E-state index contributed by atoms with van der Waals surface area (Å²) in [5.74, 6) is 0. The quantitative estimate of drug-likeness (QED) is 0.765. The maximum Gasteiger partial charge on any atom is 0.0833 e. The van der Waals surface area contributed by atoms with Crippen LogP contribution >= 0.6 is 0 Å². The summed E-state index contributed by atoms with van der Waals surface area (Å²) in [6.07, 6.45) is 4.64. The summed E-state index contributed by atoms with van der Waals surface area (Å²) >= 11 is 0. The highest BCUT2D eigenvalue weighted by Crippen LogP contribution is 2.22. The number of rotatable bonds is 5. The third kappa shape index (κ3) is 4.49. The monoisotopic (exact) mass is 216 g/mol. The van der Waals surface area contributed by atoms with Crippen LogP contribution in [0.15, 0.2) is 0 Å². The van der Waals surface area contributed by atoms with Crippen LogP contribution in [0.5, 0.6) is 0 Å². The molecule has 1 N–H and O–H groups in total. The Morgan fingerprint density at radius 3 is 2.73 bits per heavy atom. The van der Waals surface area contributed by atoms with E-state index in [1.807, 2.05) is 13.8 Å². The van der Waals surface area contributed by atoms with Gasteiger partial charge in [-0.05, 0) is 46.0 Å². The molecular formula is C12H24O3. The van der Waals surface area contributed by atoms with Gasteiger partial charge in [0.2, 0.25) is 0 Å². The van der Waals surface area contributed by atoms with Crippen LogP contribution in [-0.4, -0.2) is 36.6 Å². The number of aliphatic hydroxyl groups excluding tert-OH is 1. The van der Waals surface area contributed by atoms with Crippen molar-refractivity contribution in [3.63, 3.8) is 0 Å². The first-order valence-corrected chi connectivity index (χ1v) is 5.90. The molecule has 1 heterocycles. The number of aliphatic hydroxyl groups is 1. The van der Waals surface area contributed by atoms with Gasteiger partial charge in [-0.2, -0.15) is 0 Å². The van der Waals surface area contributed by atoms with E-state index in [-0.39, 0.29) is 17.8 Å². The van der Waals surface area contributed by atoms with Crippen LogP contribution in [0.1, 0.15) is 46.0 Å². The third-order valence-electron chi connectivity index (χ3n) is 3.24. The maximum absolute atomic E-state index is 9.95. The highest BCUT2D eigenvalue weighted by Gasteiger charge is 2.25. The molecule has 15 heavy (non-hydrogen) atoms. The summed E-state index contributed by atoms with van der Waals surface area (Å²) in [6, 6.07) is 0. The molecule has 3 heteroatoms. The molecule has 2 unspecified atom stereocenters. The summed E-state index contributed by atoms with van der Waals surface area (Å²) in [5, 5.41) is 9.95. The minimum atomic E-state index is -0.334. The van der Waals surface area contributed by atoms with Crippen molar-refractivity contribution in [2.75, 3.05) is 13.7 Å². The summed E-state index contributed by atoms with van der Waals surface area (Å²) in [7, 11) is 1.71. The smallest absolute Gasteiger partial charge is 0.0833 e. The van der Waals surface area contributed by atoms with Crippen molar-refractivity contribution in [1.29, 1.82) is 0 Å². The van der Waals surface area contributed by atoms with Crippen molar-refractivity contribution in [2.24, 2.45) is 0 Å². The lowest BCUT2D eigenvalue weighted by Gasteiger charge is -2.30. The second kappa shape index (κ2) is 5.83. The van der Waals surface area contributed by atoms with E-state index in [2.05, 4.69) is 0 Å². The standard InChI is InChI=1S/C12H24O3/c1-12(2,14-3)8-7-10(13)11-6-4-5-9-15-11/h10-11,13H,4-9H2,1-3H3. The minimum absolute atomic E-state index is 0.0476. The van der Waals surface area contributed by atoms with Gasteiger partial charge < -0.3 is 14.6 Å². The Kier molecular flexibility index (Phi) is 5.03. The normalized spacial score (nSPS) is 25.2. The van der Waals surface area contributed by atoms with Crippen LogP contribution in [0.4, 0.5) is 0 Å². The zero-order chi connectivity index (χ0) is 11.3. The summed E-state index contributed by atoms with van der Waals surface area (Å²) in [6.45, 7) is 4.89. The van der Waals surface area contributed by atoms with Crippen LogP contribution in [0, 0.1) is 0 Å². The Morgan fingerprint density at radius 1 is 1.47 bits per heavy atom. The first kappa shape index (κ1) is 12.9. The topological polar surface area (TPSA) is 38.7 Å². The average Bonchev–Trinajstić information content (AvgIpc) is 2.27. The van der Waals surface area contributed by atoms with Crippen molar-refractivity contribution in [1.82, 2.24) is 0 Å². The van der Waals surface area contributed by atoms with Gasteiger partial charge >= 0.3 is 0 Å². The van der Waals surface area contributed by atoms with E-state index in [1.54, 1.807) is 7.11 Å². The molecule has 2 atom stereocenters. The second-order valence-corrected chi connectivity index (χ2v) is 4.97. The third-order valence-corrected chi connectivity index (χ3v) is 3.24. The molecule has 1 aliphatic heterocycles. The van der Waals surface area contributed by atoms with Gasteiger partial charge in [-0.3, -0.25) is 0 Å². The Balaban J connectivity index is 2.25. The molecule has 1 fully saturated rings. The van der Waals surface area contributed by atoms with E-state index in [0.29, 0.717) is 0 Å². The van der Waals surface area contributed by atoms with E-state index in [0.717, 1.165) is 32.3 Å². The maximum atomic E-state index is 9.95. The molecule has 3 nitrogen and oxygen atoms in total. The van der Waals surface area contributed by atoms with Gasteiger partial charge in [0.15, 0.2) is 0 Å². The molecular weight excluding hydrogens is 192 g/mol. The summed E-state index contributed by atoms with van der Waals surface area (Å²) in [5.41, 5.74) is -0.143. The molecule has 0 radical (unpaired) electrons. The first-order chi connectivity index (χ1) is 7.05. The molecule has 0 amide bonds. The zero-order valence-electron chi connectivity index (χ0n) is 10.2.